The van der Waals surface area contributed by atoms with Gasteiger partial charge in [0, 0.05) is 17.2 Å². The summed E-state index contributed by atoms with van der Waals surface area (Å²) in [5.41, 5.74) is 1.88. The Morgan fingerprint density at radius 2 is 1.66 bits per heavy atom. The van der Waals surface area contributed by atoms with Gasteiger partial charge in [-0.3, -0.25) is 9.59 Å². The van der Waals surface area contributed by atoms with Crippen LogP contribution in [0.2, 0.25) is 0 Å². The SMILES string of the molecule is Cc1cc(OCC[C@]23CC[C@](C)(O2)[C@@H]2C(=O)N(c4ccc(C#N)c5ccccc45)C(=O)[C@@H]23)cc(C)c1C#N. The molecular weight excluding hydrogens is 478 g/mol. The Morgan fingerprint density at radius 1 is 0.974 bits per heavy atom. The molecule has 3 aromatic carbocycles. The van der Waals surface area contributed by atoms with Crippen molar-refractivity contribution in [2.45, 2.75) is 51.2 Å². The molecule has 38 heavy (non-hydrogen) atoms. The Kier molecular flexibility index (Phi) is 5.35. The molecule has 2 amide bonds. The maximum Gasteiger partial charge on any atom is 0.240 e. The van der Waals surface area contributed by atoms with Gasteiger partial charge in [-0.1, -0.05) is 24.3 Å². The second kappa shape index (κ2) is 8.41. The van der Waals surface area contributed by atoms with Gasteiger partial charge in [0.2, 0.25) is 11.8 Å². The van der Waals surface area contributed by atoms with Crippen LogP contribution in [0, 0.1) is 48.3 Å². The summed E-state index contributed by atoms with van der Waals surface area (Å²) in [6, 6.07) is 18.9. The minimum Gasteiger partial charge on any atom is -0.493 e. The maximum atomic E-state index is 14.0. The Bertz CT molecular complexity index is 1590. The number of hydrogen-bond donors (Lipinski definition) is 0. The fourth-order valence-electron chi connectivity index (χ4n) is 6.95. The lowest BCUT2D eigenvalue weighted by atomic mass is 9.67. The van der Waals surface area contributed by atoms with Gasteiger partial charge in [0.1, 0.15) is 5.75 Å². The van der Waals surface area contributed by atoms with Crippen LogP contribution in [-0.2, 0) is 14.3 Å². The second-order valence-corrected chi connectivity index (χ2v) is 10.9. The summed E-state index contributed by atoms with van der Waals surface area (Å²) in [7, 11) is 0. The van der Waals surface area contributed by atoms with Crippen molar-refractivity contribution in [3.8, 4) is 17.9 Å². The average Bonchev–Trinajstić information content (AvgIpc) is 3.47. The summed E-state index contributed by atoms with van der Waals surface area (Å²) in [4.78, 5) is 29.2. The van der Waals surface area contributed by atoms with Gasteiger partial charge in [-0.2, -0.15) is 10.5 Å². The van der Waals surface area contributed by atoms with Gasteiger partial charge >= 0.3 is 0 Å². The number of rotatable bonds is 5. The van der Waals surface area contributed by atoms with Gasteiger partial charge in [-0.25, -0.2) is 4.90 Å². The van der Waals surface area contributed by atoms with E-state index in [2.05, 4.69) is 12.1 Å². The summed E-state index contributed by atoms with van der Waals surface area (Å²) >= 11 is 0. The number of nitriles is 2. The molecule has 190 valence electrons. The third kappa shape index (κ3) is 3.29. The maximum absolute atomic E-state index is 14.0. The molecule has 0 N–H and O–H groups in total. The lowest BCUT2D eigenvalue weighted by molar-refractivity contribution is -0.131. The normalized spacial score (nSPS) is 27.4. The number of hydrogen-bond acceptors (Lipinski definition) is 6. The second-order valence-electron chi connectivity index (χ2n) is 10.9. The van der Waals surface area contributed by atoms with E-state index in [4.69, 9.17) is 9.47 Å². The van der Waals surface area contributed by atoms with E-state index >= 15 is 0 Å². The molecule has 3 aliphatic rings. The molecule has 7 heteroatoms. The molecule has 4 atom stereocenters. The Morgan fingerprint density at radius 3 is 2.34 bits per heavy atom. The molecule has 0 spiro atoms. The zero-order chi connectivity index (χ0) is 26.8. The van der Waals surface area contributed by atoms with Crippen LogP contribution in [0.1, 0.15) is 48.4 Å². The summed E-state index contributed by atoms with van der Waals surface area (Å²) in [6.07, 6.45) is 1.85. The minimum absolute atomic E-state index is 0.238. The quantitative estimate of drug-likeness (QED) is 0.447. The van der Waals surface area contributed by atoms with Gasteiger partial charge in [-0.05, 0) is 69.0 Å². The summed E-state index contributed by atoms with van der Waals surface area (Å²) in [5, 5.41) is 20.3. The van der Waals surface area contributed by atoms with Crippen LogP contribution in [0.3, 0.4) is 0 Å². The molecule has 7 nitrogen and oxygen atoms in total. The number of anilines is 1. The summed E-state index contributed by atoms with van der Waals surface area (Å²) in [5.74, 6) is -0.958. The molecule has 0 radical (unpaired) electrons. The van der Waals surface area contributed by atoms with Crippen molar-refractivity contribution in [2.75, 3.05) is 11.5 Å². The molecule has 0 saturated carbocycles. The van der Waals surface area contributed by atoms with Crippen molar-refractivity contribution >= 4 is 28.3 Å². The number of amides is 2. The smallest absolute Gasteiger partial charge is 0.240 e. The van der Waals surface area contributed by atoms with Crippen LogP contribution < -0.4 is 9.64 Å². The van der Waals surface area contributed by atoms with E-state index in [1.807, 2.05) is 57.2 Å². The van der Waals surface area contributed by atoms with Crippen LogP contribution in [0.15, 0.2) is 48.5 Å². The highest BCUT2D eigenvalue weighted by Crippen LogP contribution is 2.62. The van der Waals surface area contributed by atoms with E-state index in [0.29, 0.717) is 59.2 Å². The third-order valence-electron chi connectivity index (χ3n) is 8.69. The Hall–Kier alpha value is -4.20. The average molecular weight is 506 g/mol. The van der Waals surface area contributed by atoms with E-state index < -0.39 is 23.0 Å². The van der Waals surface area contributed by atoms with Gasteiger partial charge in [-0.15, -0.1) is 0 Å². The number of carbonyl (C=O) groups excluding carboxylic acids is 2. The van der Waals surface area contributed by atoms with Crippen LogP contribution >= 0.6 is 0 Å². The first kappa shape index (κ1) is 24.2. The number of ether oxygens (including phenoxy) is 2. The summed E-state index contributed by atoms with van der Waals surface area (Å²) in [6.45, 7) is 6.04. The molecular formula is C31H27N3O4. The van der Waals surface area contributed by atoms with Crippen LogP contribution in [0.25, 0.3) is 10.8 Å². The van der Waals surface area contributed by atoms with E-state index in [1.54, 1.807) is 12.1 Å². The molecule has 3 heterocycles. The highest BCUT2D eigenvalue weighted by atomic mass is 16.5. The first-order valence-electron chi connectivity index (χ1n) is 12.9. The van der Waals surface area contributed by atoms with Gasteiger partial charge < -0.3 is 9.47 Å². The number of aryl methyl sites for hydroxylation is 2. The highest BCUT2D eigenvalue weighted by Gasteiger charge is 2.73. The van der Waals surface area contributed by atoms with Crippen molar-refractivity contribution in [2.24, 2.45) is 11.8 Å². The first-order chi connectivity index (χ1) is 18.2. The van der Waals surface area contributed by atoms with Crippen LogP contribution in [0.5, 0.6) is 5.75 Å². The number of nitrogens with zero attached hydrogens (tertiary/aromatic N) is 3. The number of carbonyl (C=O) groups is 2. The van der Waals surface area contributed by atoms with Crippen molar-refractivity contribution < 1.29 is 19.1 Å². The van der Waals surface area contributed by atoms with Crippen molar-refractivity contribution in [3.63, 3.8) is 0 Å². The fourth-order valence-corrected chi connectivity index (χ4v) is 6.95. The molecule has 3 saturated heterocycles. The minimum atomic E-state index is -0.778. The van der Waals surface area contributed by atoms with Crippen molar-refractivity contribution in [3.05, 3.63) is 70.8 Å². The van der Waals surface area contributed by atoms with E-state index in [-0.39, 0.29) is 11.8 Å². The molecule has 2 bridgehead atoms. The van der Waals surface area contributed by atoms with Gasteiger partial charge in [0.15, 0.2) is 0 Å². The van der Waals surface area contributed by atoms with Crippen molar-refractivity contribution in [1.29, 1.82) is 10.5 Å². The van der Waals surface area contributed by atoms with Gasteiger partial charge in [0.25, 0.3) is 0 Å². The number of fused-ring (bicyclic) bond motifs is 6. The molecule has 3 aliphatic heterocycles. The predicted octanol–water partition coefficient (Wildman–Crippen LogP) is 5.10. The number of benzene rings is 3. The molecule has 3 aromatic rings. The van der Waals surface area contributed by atoms with Crippen LogP contribution in [0.4, 0.5) is 5.69 Å². The van der Waals surface area contributed by atoms with Crippen molar-refractivity contribution in [1.82, 2.24) is 0 Å². The highest BCUT2D eigenvalue weighted by molar-refractivity contribution is 6.26. The summed E-state index contributed by atoms with van der Waals surface area (Å²) < 4.78 is 12.6. The molecule has 0 aromatic heterocycles. The molecule has 0 unspecified atom stereocenters. The van der Waals surface area contributed by atoms with Crippen LogP contribution in [-0.4, -0.2) is 29.6 Å². The van der Waals surface area contributed by atoms with Gasteiger partial charge in [0.05, 0.1) is 58.6 Å². The van der Waals surface area contributed by atoms with E-state index in [9.17, 15) is 20.1 Å². The molecule has 6 rings (SSSR count). The monoisotopic (exact) mass is 505 g/mol. The Labute approximate surface area is 221 Å². The topological polar surface area (TPSA) is 103 Å². The third-order valence-corrected chi connectivity index (χ3v) is 8.69. The molecule has 3 fully saturated rings. The predicted molar refractivity (Wildman–Crippen MR) is 140 cm³/mol. The zero-order valence-electron chi connectivity index (χ0n) is 21.6. The number of imide groups is 1. The van der Waals surface area contributed by atoms with E-state index in [1.165, 1.54) is 4.90 Å². The first-order valence-corrected chi connectivity index (χ1v) is 12.9. The van der Waals surface area contributed by atoms with E-state index in [0.717, 1.165) is 11.1 Å². The molecule has 0 aliphatic carbocycles. The largest absolute Gasteiger partial charge is 0.493 e. The standard InChI is InChI=1S/C31H27N3O4/c1-18-14-21(15-19(2)24(18)17-33)37-13-12-31-11-10-30(3,38-31)26-27(31)29(36)34(28(26)35)25-9-8-20(16-32)22-6-4-5-7-23(22)25/h4-9,14-15,26-27H,10-13H2,1-3H3/t26-,27+,30-,31-/m0/s1. The lowest BCUT2D eigenvalue weighted by Gasteiger charge is -2.31. The lowest BCUT2D eigenvalue weighted by Crippen LogP contribution is -2.43. The Balaban J connectivity index is 1.31. The fraction of sp³-hybridized carbons (Fsp3) is 0.355. The zero-order valence-corrected chi connectivity index (χ0v) is 21.6.